The molecule has 1 aromatic carbocycles. The van der Waals surface area contributed by atoms with Crippen molar-refractivity contribution in [1.29, 1.82) is 0 Å². The summed E-state index contributed by atoms with van der Waals surface area (Å²) in [6.07, 6.45) is 0. The highest BCUT2D eigenvalue weighted by Crippen LogP contribution is 2.22. The molecule has 0 aliphatic rings. The molecule has 1 rings (SSSR count). The van der Waals surface area contributed by atoms with Gasteiger partial charge in [-0.25, -0.2) is 4.79 Å². The number of hydrogen-bond acceptors (Lipinski definition) is 4. The maximum atomic E-state index is 11.6. The summed E-state index contributed by atoms with van der Waals surface area (Å²) in [5, 5.41) is 0.328. The van der Waals surface area contributed by atoms with Crippen LogP contribution in [0.2, 0.25) is 5.02 Å². The van der Waals surface area contributed by atoms with Crippen molar-refractivity contribution in [3.63, 3.8) is 0 Å². The molecule has 6 nitrogen and oxygen atoms in total. The Labute approximate surface area is 114 Å². The Morgan fingerprint density at radius 3 is 2.63 bits per heavy atom. The van der Waals surface area contributed by atoms with Crippen LogP contribution in [0.25, 0.3) is 5.53 Å². The van der Waals surface area contributed by atoms with E-state index in [1.54, 1.807) is 31.2 Å². The van der Waals surface area contributed by atoms with Gasteiger partial charge in [-0.3, -0.25) is 4.79 Å². The largest absolute Gasteiger partial charge is 0.484 e. The highest BCUT2D eigenvalue weighted by atomic mass is 35.5. The summed E-state index contributed by atoms with van der Waals surface area (Å²) in [7, 11) is 0. The SMILES string of the molecule is CCOC(=O)C(=[N+]=[N-])C(=O)COc1ccccc1Cl. The second-order valence-corrected chi connectivity index (χ2v) is 3.72. The number of ketones is 1. The predicted octanol–water partition coefficient (Wildman–Crippen LogP) is 1.52. The molecule has 1 aromatic rings. The first-order chi connectivity index (χ1) is 9.10. The molecule has 0 atom stereocenters. The smallest absolute Gasteiger partial charge is 0.445 e. The Morgan fingerprint density at radius 1 is 1.37 bits per heavy atom. The van der Waals surface area contributed by atoms with Gasteiger partial charge in [0.15, 0.2) is 6.61 Å². The van der Waals surface area contributed by atoms with E-state index >= 15 is 0 Å². The third-order valence-electron chi connectivity index (χ3n) is 2.03. The summed E-state index contributed by atoms with van der Waals surface area (Å²) in [5.41, 5.74) is 7.92. The molecule has 0 N–H and O–H groups in total. The molecular formula is C12H11ClN2O4. The second-order valence-electron chi connectivity index (χ2n) is 3.31. The zero-order valence-corrected chi connectivity index (χ0v) is 10.9. The van der Waals surface area contributed by atoms with Crippen LogP contribution in [0, 0.1) is 0 Å². The number of rotatable bonds is 6. The number of carbonyl (C=O) groups is 2. The van der Waals surface area contributed by atoms with Crippen molar-refractivity contribution >= 4 is 29.1 Å². The molecule has 0 bridgehead atoms. The Hall–Kier alpha value is -2.17. The molecule has 0 fully saturated rings. The van der Waals surface area contributed by atoms with Gasteiger partial charge in [0.2, 0.25) is 0 Å². The molecule has 0 saturated carbocycles. The number of hydrogen-bond donors (Lipinski definition) is 0. The number of ether oxygens (including phenoxy) is 2. The Balaban J connectivity index is 2.67. The third kappa shape index (κ3) is 4.21. The summed E-state index contributed by atoms with van der Waals surface area (Å²) >= 11 is 5.83. The van der Waals surface area contributed by atoms with Gasteiger partial charge in [0.1, 0.15) is 5.75 Å². The molecular weight excluding hydrogens is 272 g/mol. The van der Waals surface area contributed by atoms with Gasteiger partial charge in [0.25, 0.3) is 5.78 Å². The van der Waals surface area contributed by atoms with Crippen LogP contribution in [0.3, 0.4) is 0 Å². The van der Waals surface area contributed by atoms with E-state index in [4.69, 9.17) is 21.9 Å². The predicted molar refractivity (Wildman–Crippen MR) is 67.2 cm³/mol. The molecule has 19 heavy (non-hydrogen) atoms. The summed E-state index contributed by atoms with van der Waals surface area (Å²) in [6, 6.07) is 6.54. The van der Waals surface area contributed by atoms with Crippen LogP contribution in [0.4, 0.5) is 0 Å². The highest BCUT2D eigenvalue weighted by Gasteiger charge is 2.31. The Kier molecular flexibility index (Phi) is 5.73. The maximum Gasteiger partial charge on any atom is 0.445 e. The summed E-state index contributed by atoms with van der Waals surface area (Å²) in [5.74, 6) is -1.52. The second kappa shape index (κ2) is 7.31. The van der Waals surface area contributed by atoms with Crippen LogP contribution in [-0.2, 0) is 14.3 Å². The van der Waals surface area contributed by atoms with Gasteiger partial charge in [-0.1, -0.05) is 23.7 Å². The Morgan fingerprint density at radius 2 is 2.05 bits per heavy atom. The minimum absolute atomic E-state index is 0.0660. The lowest BCUT2D eigenvalue weighted by Crippen LogP contribution is -2.31. The molecule has 0 aliphatic carbocycles. The first-order valence-corrected chi connectivity index (χ1v) is 5.77. The number of benzene rings is 1. The minimum Gasteiger partial charge on any atom is -0.484 e. The normalized spacial score (nSPS) is 9.37. The van der Waals surface area contributed by atoms with Crippen LogP contribution in [0.15, 0.2) is 24.3 Å². The lowest BCUT2D eigenvalue weighted by atomic mass is 10.2. The van der Waals surface area contributed by atoms with E-state index in [2.05, 4.69) is 9.53 Å². The maximum absolute atomic E-state index is 11.6. The van der Waals surface area contributed by atoms with Crippen molar-refractivity contribution in [2.75, 3.05) is 13.2 Å². The van der Waals surface area contributed by atoms with E-state index < -0.39 is 24.1 Å². The lowest BCUT2D eigenvalue weighted by molar-refractivity contribution is -0.142. The molecule has 7 heteroatoms. The summed E-state index contributed by atoms with van der Waals surface area (Å²) in [6.45, 7) is 1.15. The number of halogens is 1. The molecule has 0 saturated heterocycles. The van der Waals surface area contributed by atoms with E-state index in [0.29, 0.717) is 10.8 Å². The fraction of sp³-hybridized carbons (Fsp3) is 0.250. The summed E-state index contributed by atoms with van der Waals surface area (Å²) < 4.78 is 9.69. The van der Waals surface area contributed by atoms with Crippen molar-refractivity contribution in [3.8, 4) is 5.75 Å². The fourth-order valence-electron chi connectivity index (χ4n) is 1.18. The van der Waals surface area contributed by atoms with Crippen LogP contribution in [0.5, 0.6) is 5.75 Å². The van der Waals surface area contributed by atoms with Gasteiger partial charge >= 0.3 is 11.7 Å². The van der Waals surface area contributed by atoms with Crippen molar-refractivity contribution in [2.45, 2.75) is 6.92 Å². The monoisotopic (exact) mass is 282 g/mol. The van der Waals surface area contributed by atoms with Crippen LogP contribution >= 0.6 is 11.6 Å². The van der Waals surface area contributed by atoms with E-state index in [1.165, 1.54) is 0 Å². The highest BCUT2D eigenvalue weighted by molar-refractivity contribution is 6.62. The fourth-order valence-corrected chi connectivity index (χ4v) is 1.37. The molecule has 0 radical (unpaired) electrons. The number of carbonyl (C=O) groups excluding carboxylic acids is 2. The van der Waals surface area contributed by atoms with Crippen molar-refractivity contribution in [1.82, 2.24) is 0 Å². The molecule has 0 amide bonds. The Bertz CT molecular complexity index is 538. The first kappa shape index (κ1) is 14.9. The van der Waals surface area contributed by atoms with Crippen molar-refractivity contribution in [3.05, 3.63) is 34.8 Å². The standard InChI is InChI=1S/C12H11ClN2O4/c1-2-18-12(17)11(15-14)9(16)7-19-10-6-4-3-5-8(10)13/h3-6H,2,7H2,1H3. The van der Waals surface area contributed by atoms with Crippen molar-refractivity contribution < 1.29 is 23.9 Å². The van der Waals surface area contributed by atoms with E-state index in [-0.39, 0.29) is 6.61 Å². The number of para-hydroxylation sites is 1. The topological polar surface area (TPSA) is 89.0 Å². The van der Waals surface area contributed by atoms with E-state index in [0.717, 1.165) is 0 Å². The first-order valence-electron chi connectivity index (χ1n) is 5.39. The average molecular weight is 283 g/mol. The minimum atomic E-state index is -1.00. The number of nitrogens with zero attached hydrogens (tertiary/aromatic N) is 2. The summed E-state index contributed by atoms with van der Waals surface area (Å²) in [4.78, 5) is 25.5. The quantitative estimate of drug-likeness (QED) is 0.260. The van der Waals surface area contributed by atoms with E-state index in [9.17, 15) is 9.59 Å². The van der Waals surface area contributed by atoms with Crippen LogP contribution in [-0.4, -0.2) is 35.5 Å². The van der Waals surface area contributed by atoms with Gasteiger partial charge in [0, 0.05) is 0 Å². The van der Waals surface area contributed by atoms with Crippen molar-refractivity contribution in [2.24, 2.45) is 0 Å². The average Bonchev–Trinajstić information content (AvgIpc) is 2.39. The molecule has 0 aliphatic heterocycles. The van der Waals surface area contributed by atoms with Gasteiger partial charge in [-0.05, 0) is 19.1 Å². The molecule has 0 aromatic heterocycles. The number of esters is 1. The molecule has 0 spiro atoms. The molecule has 0 heterocycles. The van der Waals surface area contributed by atoms with Crippen LogP contribution < -0.4 is 4.74 Å². The van der Waals surface area contributed by atoms with Gasteiger partial charge < -0.3 is 15.0 Å². The lowest BCUT2D eigenvalue weighted by Gasteiger charge is -2.05. The van der Waals surface area contributed by atoms with Gasteiger partial charge in [-0.2, -0.15) is 4.79 Å². The zero-order chi connectivity index (χ0) is 14.3. The van der Waals surface area contributed by atoms with E-state index in [1.807, 2.05) is 0 Å². The van der Waals surface area contributed by atoms with Gasteiger partial charge in [0.05, 0.1) is 11.6 Å². The number of Topliss-reactive ketones (excluding diaryl/α,β-unsaturated/α-hetero) is 1. The third-order valence-corrected chi connectivity index (χ3v) is 2.34. The van der Waals surface area contributed by atoms with Crippen LogP contribution in [0.1, 0.15) is 6.92 Å². The zero-order valence-electron chi connectivity index (χ0n) is 10.1. The molecule has 100 valence electrons. The molecule has 0 unspecified atom stereocenters. The van der Waals surface area contributed by atoms with Gasteiger partial charge in [-0.15, -0.1) is 0 Å².